The van der Waals surface area contributed by atoms with E-state index in [-0.39, 0.29) is 5.56 Å². The third kappa shape index (κ3) is 2.75. The van der Waals surface area contributed by atoms with E-state index in [9.17, 15) is 23.1 Å². The van der Waals surface area contributed by atoms with E-state index in [1.54, 1.807) is 0 Å². The molecule has 0 fully saturated rings. The van der Waals surface area contributed by atoms with Crippen LogP contribution in [0.15, 0.2) is 18.2 Å². The fourth-order valence-electron chi connectivity index (χ4n) is 1.13. The van der Waals surface area contributed by atoms with Crippen molar-refractivity contribution in [1.29, 1.82) is 0 Å². The zero-order valence-electron chi connectivity index (χ0n) is 8.18. The van der Waals surface area contributed by atoms with Gasteiger partial charge in [0.2, 0.25) is 0 Å². The Morgan fingerprint density at radius 2 is 2.00 bits per heavy atom. The summed E-state index contributed by atoms with van der Waals surface area (Å²) in [6.07, 6.45) is -4.53. The number of carbonyl (C=O) groups excluding carboxylic acids is 1. The number of phenolic OH excluding ortho intramolecular Hbond substituents is 1. The van der Waals surface area contributed by atoms with Crippen LogP contribution in [-0.2, 0) is 6.18 Å². The summed E-state index contributed by atoms with van der Waals surface area (Å²) in [4.78, 5) is 10.9. The molecule has 0 spiro atoms. The minimum absolute atomic E-state index is 0.127. The SMILES string of the molecule is CC(Br)C(=O)c1ccc(C(F)(F)F)cc1O. The van der Waals surface area contributed by atoms with Gasteiger partial charge in [0.15, 0.2) is 5.78 Å². The molecule has 1 atom stereocenters. The zero-order valence-corrected chi connectivity index (χ0v) is 9.76. The topological polar surface area (TPSA) is 37.3 Å². The minimum Gasteiger partial charge on any atom is -0.507 e. The standard InChI is InChI=1S/C10H8BrF3O2/c1-5(11)9(16)7-3-2-6(4-8(7)15)10(12,13)14/h2-5,15H,1H3. The van der Waals surface area contributed by atoms with Crippen molar-refractivity contribution in [1.82, 2.24) is 0 Å². The van der Waals surface area contributed by atoms with Gasteiger partial charge in [0.1, 0.15) is 5.75 Å². The molecule has 0 amide bonds. The van der Waals surface area contributed by atoms with Gasteiger partial charge in [-0.3, -0.25) is 4.79 Å². The van der Waals surface area contributed by atoms with Crippen LogP contribution in [0.1, 0.15) is 22.8 Å². The lowest BCUT2D eigenvalue weighted by Gasteiger charge is -2.10. The van der Waals surface area contributed by atoms with Gasteiger partial charge in [-0.05, 0) is 25.1 Å². The molecule has 0 aliphatic carbocycles. The first-order chi connectivity index (χ1) is 7.23. The smallest absolute Gasteiger partial charge is 0.416 e. The Morgan fingerprint density at radius 3 is 2.38 bits per heavy atom. The van der Waals surface area contributed by atoms with Crippen molar-refractivity contribution in [2.24, 2.45) is 0 Å². The number of aromatic hydroxyl groups is 1. The van der Waals surface area contributed by atoms with Crippen LogP contribution in [0.3, 0.4) is 0 Å². The van der Waals surface area contributed by atoms with Gasteiger partial charge >= 0.3 is 6.18 Å². The van der Waals surface area contributed by atoms with Gasteiger partial charge in [0, 0.05) is 0 Å². The van der Waals surface area contributed by atoms with E-state index in [0.717, 1.165) is 12.1 Å². The molecule has 0 saturated heterocycles. The van der Waals surface area contributed by atoms with Crippen molar-refractivity contribution < 1.29 is 23.1 Å². The average molecular weight is 297 g/mol. The minimum atomic E-state index is -4.53. The fourth-order valence-corrected chi connectivity index (χ4v) is 1.38. The summed E-state index contributed by atoms with van der Waals surface area (Å²) in [5.74, 6) is -1.13. The van der Waals surface area contributed by atoms with Gasteiger partial charge in [0.25, 0.3) is 0 Å². The third-order valence-corrected chi connectivity index (χ3v) is 2.37. The van der Waals surface area contributed by atoms with Crippen LogP contribution in [0.2, 0.25) is 0 Å². The van der Waals surface area contributed by atoms with Crippen molar-refractivity contribution in [3.63, 3.8) is 0 Å². The van der Waals surface area contributed by atoms with Crippen LogP contribution < -0.4 is 0 Å². The molecular weight excluding hydrogens is 289 g/mol. The van der Waals surface area contributed by atoms with Crippen LogP contribution in [0.4, 0.5) is 13.2 Å². The second kappa shape index (κ2) is 4.45. The monoisotopic (exact) mass is 296 g/mol. The number of phenols is 1. The van der Waals surface area contributed by atoms with Crippen LogP contribution in [-0.4, -0.2) is 15.7 Å². The van der Waals surface area contributed by atoms with Crippen molar-refractivity contribution in [3.05, 3.63) is 29.3 Å². The second-order valence-corrected chi connectivity index (χ2v) is 4.58. The number of hydrogen-bond acceptors (Lipinski definition) is 2. The molecule has 0 saturated carbocycles. The predicted octanol–water partition coefficient (Wildman–Crippen LogP) is 3.38. The Balaban J connectivity index is 3.15. The number of ketones is 1. The van der Waals surface area contributed by atoms with Crippen LogP contribution >= 0.6 is 15.9 Å². The lowest BCUT2D eigenvalue weighted by molar-refractivity contribution is -0.137. The third-order valence-electron chi connectivity index (χ3n) is 1.95. The number of rotatable bonds is 2. The van der Waals surface area contributed by atoms with Crippen molar-refractivity contribution in [2.75, 3.05) is 0 Å². The van der Waals surface area contributed by atoms with Gasteiger partial charge in [-0.25, -0.2) is 0 Å². The Kier molecular flexibility index (Phi) is 3.62. The molecule has 0 aliphatic heterocycles. The molecule has 1 N–H and O–H groups in total. The largest absolute Gasteiger partial charge is 0.507 e. The van der Waals surface area contributed by atoms with Crippen molar-refractivity contribution in [3.8, 4) is 5.75 Å². The summed E-state index contributed by atoms with van der Waals surface area (Å²) in [6.45, 7) is 1.53. The van der Waals surface area contributed by atoms with Gasteiger partial charge in [-0.1, -0.05) is 15.9 Å². The van der Waals surface area contributed by atoms with E-state index in [1.165, 1.54) is 6.92 Å². The summed E-state index contributed by atoms with van der Waals surface area (Å²) in [5, 5.41) is 9.33. The Morgan fingerprint density at radius 1 is 1.44 bits per heavy atom. The normalized spacial score (nSPS) is 13.6. The number of Topliss-reactive ketones (excluding diaryl/α,β-unsaturated/α-hetero) is 1. The molecule has 1 aromatic carbocycles. The van der Waals surface area contributed by atoms with Crippen molar-refractivity contribution >= 4 is 21.7 Å². The van der Waals surface area contributed by atoms with Gasteiger partial charge in [-0.15, -0.1) is 0 Å². The molecule has 2 nitrogen and oxygen atoms in total. The van der Waals surface area contributed by atoms with E-state index in [4.69, 9.17) is 0 Å². The summed E-state index contributed by atoms with van der Waals surface area (Å²) >= 11 is 2.99. The maximum Gasteiger partial charge on any atom is 0.416 e. The van der Waals surface area contributed by atoms with E-state index in [0.29, 0.717) is 6.07 Å². The van der Waals surface area contributed by atoms with E-state index in [1.807, 2.05) is 0 Å². The van der Waals surface area contributed by atoms with E-state index < -0.39 is 28.1 Å². The molecule has 0 aromatic heterocycles. The number of carbonyl (C=O) groups is 1. The zero-order chi connectivity index (χ0) is 12.5. The number of hydrogen-bond donors (Lipinski definition) is 1. The Bertz CT molecular complexity index is 413. The van der Waals surface area contributed by atoms with Crippen molar-refractivity contribution in [2.45, 2.75) is 17.9 Å². The summed E-state index contributed by atoms with van der Waals surface area (Å²) in [6, 6.07) is 2.28. The summed E-state index contributed by atoms with van der Waals surface area (Å²) in [5.41, 5.74) is -1.11. The number of benzene rings is 1. The molecule has 16 heavy (non-hydrogen) atoms. The molecule has 6 heteroatoms. The predicted molar refractivity (Wildman–Crippen MR) is 55.8 cm³/mol. The maximum atomic E-state index is 12.3. The molecule has 0 heterocycles. The Labute approximate surface area is 98.2 Å². The Hall–Kier alpha value is -1.04. The molecular formula is C10H8BrF3O2. The maximum absolute atomic E-state index is 12.3. The highest BCUT2D eigenvalue weighted by molar-refractivity contribution is 9.10. The highest BCUT2D eigenvalue weighted by Gasteiger charge is 2.31. The van der Waals surface area contributed by atoms with E-state index in [2.05, 4.69) is 15.9 Å². The quantitative estimate of drug-likeness (QED) is 0.671. The van der Waals surface area contributed by atoms with Crippen LogP contribution in [0.5, 0.6) is 5.75 Å². The van der Waals surface area contributed by atoms with Crippen LogP contribution in [0, 0.1) is 0 Å². The molecule has 1 unspecified atom stereocenters. The number of alkyl halides is 4. The first kappa shape index (κ1) is 13.0. The van der Waals surface area contributed by atoms with Gasteiger partial charge in [-0.2, -0.15) is 13.2 Å². The average Bonchev–Trinajstić information content (AvgIpc) is 2.15. The number of halogens is 4. The van der Waals surface area contributed by atoms with Crippen LogP contribution in [0.25, 0.3) is 0 Å². The molecule has 0 aliphatic rings. The summed E-state index contributed by atoms with van der Waals surface area (Å²) < 4.78 is 36.8. The summed E-state index contributed by atoms with van der Waals surface area (Å²) in [7, 11) is 0. The highest BCUT2D eigenvalue weighted by atomic mass is 79.9. The highest BCUT2D eigenvalue weighted by Crippen LogP contribution is 2.33. The molecule has 0 bridgehead atoms. The lowest BCUT2D eigenvalue weighted by atomic mass is 10.0. The molecule has 1 rings (SSSR count). The first-order valence-corrected chi connectivity index (χ1v) is 5.23. The molecule has 0 radical (unpaired) electrons. The second-order valence-electron chi connectivity index (χ2n) is 3.21. The van der Waals surface area contributed by atoms with E-state index >= 15 is 0 Å². The van der Waals surface area contributed by atoms with Gasteiger partial charge < -0.3 is 5.11 Å². The molecule has 88 valence electrons. The first-order valence-electron chi connectivity index (χ1n) is 4.32. The fraction of sp³-hybridized carbons (Fsp3) is 0.300. The molecule has 1 aromatic rings. The van der Waals surface area contributed by atoms with Gasteiger partial charge in [0.05, 0.1) is 16.0 Å². The lowest BCUT2D eigenvalue weighted by Crippen LogP contribution is -2.11.